The second-order valence-electron chi connectivity index (χ2n) is 4.97. The lowest BCUT2D eigenvalue weighted by molar-refractivity contribution is 0.199. The zero-order chi connectivity index (χ0) is 12.8. The van der Waals surface area contributed by atoms with Crippen LogP contribution in [0.25, 0.3) is 0 Å². The summed E-state index contributed by atoms with van der Waals surface area (Å²) in [5.41, 5.74) is 1.37. The molecule has 1 heterocycles. The first-order chi connectivity index (χ1) is 8.83. The minimum absolute atomic E-state index is 0.701. The molecule has 0 bridgehead atoms. The van der Waals surface area contributed by atoms with Gasteiger partial charge in [0.1, 0.15) is 5.75 Å². The van der Waals surface area contributed by atoms with Crippen molar-refractivity contribution >= 4 is 0 Å². The van der Waals surface area contributed by atoms with Crippen molar-refractivity contribution in [1.82, 2.24) is 10.2 Å². The average Bonchev–Trinajstić information content (AvgIpc) is 2.93. The number of hydrogen-bond donors (Lipinski definition) is 1. The number of methoxy groups -OCH3 is 1. The topological polar surface area (TPSA) is 24.5 Å². The number of benzene rings is 1. The Morgan fingerprint density at radius 2 is 2.11 bits per heavy atom. The van der Waals surface area contributed by atoms with E-state index in [-0.39, 0.29) is 0 Å². The van der Waals surface area contributed by atoms with Gasteiger partial charge in [-0.25, -0.2) is 0 Å². The predicted molar refractivity (Wildman–Crippen MR) is 75.0 cm³/mol. The molecule has 0 aromatic heterocycles. The van der Waals surface area contributed by atoms with E-state index in [2.05, 4.69) is 29.3 Å². The van der Waals surface area contributed by atoms with Crippen LogP contribution in [-0.4, -0.2) is 37.7 Å². The Balaban J connectivity index is 1.98. The van der Waals surface area contributed by atoms with E-state index in [1.807, 2.05) is 12.1 Å². The van der Waals surface area contributed by atoms with E-state index in [0.29, 0.717) is 6.04 Å². The van der Waals surface area contributed by atoms with Crippen LogP contribution in [-0.2, 0) is 6.54 Å². The minimum atomic E-state index is 0.701. The van der Waals surface area contributed by atoms with Crippen LogP contribution in [0.4, 0.5) is 0 Å². The first-order valence-corrected chi connectivity index (χ1v) is 6.91. The Morgan fingerprint density at radius 3 is 2.67 bits per heavy atom. The molecule has 1 aromatic rings. The molecule has 1 saturated heterocycles. The summed E-state index contributed by atoms with van der Waals surface area (Å²) >= 11 is 0. The summed E-state index contributed by atoms with van der Waals surface area (Å²) in [4.78, 5) is 2.60. The molecule has 0 amide bonds. The van der Waals surface area contributed by atoms with Crippen LogP contribution < -0.4 is 10.1 Å². The monoisotopic (exact) mass is 248 g/mol. The molecule has 1 N–H and O–H groups in total. The van der Waals surface area contributed by atoms with Gasteiger partial charge in [-0.3, -0.25) is 4.90 Å². The Kier molecular flexibility index (Phi) is 5.02. The van der Waals surface area contributed by atoms with Crippen molar-refractivity contribution in [2.24, 2.45) is 0 Å². The molecule has 1 unspecified atom stereocenters. The van der Waals surface area contributed by atoms with Crippen LogP contribution in [0.5, 0.6) is 5.75 Å². The molecule has 0 spiro atoms. The van der Waals surface area contributed by atoms with Crippen molar-refractivity contribution in [2.75, 3.05) is 26.7 Å². The Labute approximate surface area is 110 Å². The maximum Gasteiger partial charge on any atom is 0.118 e. The van der Waals surface area contributed by atoms with Gasteiger partial charge in [-0.2, -0.15) is 0 Å². The van der Waals surface area contributed by atoms with Crippen molar-refractivity contribution < 1.29 is 4.74 Å². The Bertz CT molecular complexity index is 344. The maximum atomic E-state index is 5.20. The van der Waals surface area contributed by atoms with Crippen molar-refractivity contribution in [3.63, 3.8) is 0 Å². The van der Waals surface area contributed by atoms with Gasteiger partial charge in [-0.1, -0.05) is 19.1 Å². The lowest BCUT2D eigenvalue weighted by Crippen LogP contribution is -2.36. The van der Waals surface area contributed by atoms with Crippen molar-refractivity contribution in [3.8, 4) is 5.75 Å². The number of nitrogens with zero attached hydrogens (tertiary/aromatic N) is 1. The van der Waals surface area contributed by atoms with Gasteiger partial charge in [0.25, 0.3) is 0 Å². The summed E-state index contributed by atoms with van der Waals surface area (Å²) in [6.07, 6.45) is 2.49. The summed E-state index contributed by atoms with van der Waals surface area (Å²) in [6, 6.07) is 9.14. The average molecular weight is 248 g/mol. The highest BCUT2D eigenvalue weighted by molar-refractivity contribution is 5.27. The van der Waals surface area contributed by atoms with Gasteiger partial charge in [-0.15, -0.1) is 0 Å². The van der Waals surface area contributed by atoms with Crippen molar-refractivity contribution in [1.29, 1.82) is 0 Å². The lowest BCUT2D eigenvalue weighted by Gasteiger charge is -2.28. The highest BCUT2D eigenvalue weighted by atomic mass is 16.5. The molecule has 1 aliphatic rings. The second kappa shape index (κ2) is 6.76. The van der Waals surface area contributed by atoms with E-state index in [4.69, 9.17) is 4.74 Å². The van der Waals surface area contributed by atoms with E-state index in [0.717, 1.165) is 25.4 Å². The highest BCUT2D eigenvalue weighted by Crippen LogP contribution is 2.16. The summed E-state index contributed by atoms with van der Waals surface area (Å²) in [5, 5.41) is 3.45. The smallest absolute Gasteiger partial charge is 0.118 e. The van der Waals surface area contributed by atoms with Gasteiger partial charge in [0.2, 0.25) is 0 Å². The van der Waals surface area contributed by atoms with Crippen molar-refractivity contribution in [3.05, 3.63) is 29.8 Å². The number of ether oxygens (including phenoxy) is 1. The van der Waals surface area contributed by atoms with E-state index < -0.39 is 0 Å². The first-order valence-electron chi connectivity index (χ1n) is 6.91. The molecule has 18 heavy (non-hydrogen) atoms. The molecular weight excluding hydrogens is 224 g/mol. The van der Waals surface area contributed by atoms with E-state index in [1.54, 1.807) is 7.11 Å². The van der Waals surface area contributed by atoms with Gasteiger partial charge in [0.05, 0.1) is 7.11 Å². The van der Waals surface area contributed by atoms with Gasteiger partial charge >= 0.3 is 0 Å². The zero-order valence-electron chi connectivity index (χ0n) is 11.5. The quantitative estimate of drug-likeness (QED) is 0.836. The summed E-state index contributed by atoms with van der Waals surface area (Å²) in [5.74, 6) is 0.934. The summed E-state index contributed by atoms with van der Waals surface area (Å²) in [7, 11) is 1.71. The highest BCUT2D eigenvalue weighted by Gasteiger charge is 2.21. The first kappa shape index (κ1) is 13.4. The van der Waals surface area contributed by atoms with Crippen molar-refractivity contribution in [2.45, 2.75) is 32.4 Å². The minimum Gasteiger partial charge on any atom is -0.497 e. The number of nitrogens with one attached hydrogen (secondary N) is 1. The van der Waals surface area contributed by atoms with Crippen LogP contribution in [0.15, 0.2) is 24.3 Å². The number of rotatable bonds is 6. The molecule has 2 rings (SSSR count). The Hall–Kier alpha value is -1.06. The number of hydrogen-bond acceptors (Lipinski definition) is 3. The SMILES string of the molecule is CCCN(Cc1ccc(OC)cc1)C1CCNC1. The van der Waals surface area contributed by atoms with Gasteiger partial charge in [-0.05, 0) is 43.6 Å². The fraction of sp³-hybridized carbons (Fsp3) is 0.600. The normalized spacial score (nSPS) is 19.4. The lowest BCUT2D eigenvalue weighted by atomic mass is 10.1. The third kappa shape index (κ3) is 3.47. The Morgan fingerprint density at radius 1 is 1.33 bits per heavy atom. The molecule has 1 atom stereocenters. The van der Waals surface area contributed by atoms with Gasteiger partial charge < -0.3 is 10.1 Å². The molecule has 1 aromatic carbocycles. The molecule has 1 fully saturated rings. The van der Waals surface area contributed by atoms with Crippen LogP contribution in [0.1, 0.15) is 25.3 Å². The van der Waals surface area contributed by atoms with E-state index in [1.165, 1.54) is 24.9 Å². The molecule has 3 nitrogen and oxygen atoms in total. The molecule has 0 radical (unpaired) electrons. The second-order valence-corrected chi connectivity index (χ2v) is 4.97. The molecule has 0 aliphatic carbocycles. The largest absolute Gasteiger partial charge is 0.497 e. The van der Waals surface area contributed by atoms with Gasteiger partial charge in [0.15, 0.2) is 0 Å². The molecule has 100 valence electrons. The fourth-order valence-electron chi connectivity index (χ4n) is 2.59. The molecular formula is C15H24N2O. The molecule has 3 heteroatoms. The maximum absolute atomic E-state index is 5.20. The van der Waals surface area contributed by atoms with E-state index >= 15 is 0 Å². The third-order valence-corrected chi connectivity index (χ3v) is 3.61. The van der Waals surface area contributed by atoms with Crippen LogP contribution in [0.2, 0.25) is 0 Å². The molecule has 1 aliphatic heterocycles. The third-order valence-electron chi connectivity index (χ3n) is 3.61. The molecule has 0 saturated carbocycles. The summed E-state index contributed by atoms with van der Waals surface area (Å²) in [6.45, 7) is 6.77. The zero-order valence-corrected chi connectivity index (χ0v) is 11.5. The van der Waals surface area contributed by atoms with E-state index in [9.17, 15) is 0 Å². The van der Waals surface area contributed by atoms with Crippen LogP contribution in [0.3, 0.4) is 0 Å². The standard InChI is InChI=1S/C15H24N2O/c1-3-10-17(14-8-9-16-11-14)12-13-4-6-15(18-2)7-5-13/h4-7,14,16H,3,8-12H2,1-2H3. The van der Waals surface area contributed by atoms with Crippen LogP contribution >= 0.6 is 0 Å². The van der Waals surface area contributed by atoms with Crippen LogP contribution in [0, 0.1) is 0 Å². The van der Waals surface area contributed by atoms with Gasteiger partial charge in [0, 0.05) is 19.1 Å². The fourth-order valence-corrected chi connectivity index (χ4v) is 2.59. The summed E-state index contributed by atoms with van der Waals surface area (Å²) < 4.78 is 5.20. The predicted octanol–water partition coefficient (Wildman–Crippen LogP) is 2.27.